The number of halogens is 3. The third-order valence-electron chi connectivity index (χ3n) is 1.75. The molecule has 0 fully saturated rings. The van der Waals surface area contributed by atoms with Crippen LogP contribution in [0.3, 0.4) is 0 Å². The van der Waals surface area contributed by atoms with Crippen LogP contribution >= 0.6 is 23.2 Å². The van der Waals surface area contributed by atoms with Crippen molar-refractivity contribution in [1.82, 2.24) is 5.32 Å². The summed E-state index contributed by atoms with van der Waals surface area (Å²) in [6.07, 6.45) is 0.0317. The van der Waals surface area contributed by atoms with Gasteiger partial charge in [0.2, 0.25) is 5.91 Å². The molecule has 0 heterocycles. The zero-order valence-corrected chi connectivity index (χ0v) is 10.1. The van der Waals surface area contributed by atoms with Gasteiger partial charge in [0.15, 0.2) is 0 Å². The first-order valence-corrected chi connectivity index (χ1v) is 5.56. The molecule has 1 rings (SSSR count). The van der Waals surface area contributed by atoms with Crippen molar-refractivity contribution >= 4 is 40.8 Å². The van der Waals surface area contributed by atoms with Gasteiger partial charge in [-0.2, -0.15) is 0 Å². The molecular weight excluding hydrogens is 270 g/mol. The Hall–Kier alpha value is -1.33. The van der Waals surface area contributed by atoms with E-state index in [0.29, 0.717) is 0 Å². The first-order valence-electron chi connectivity index (χ1n) is 4.65. The Kier molecular flexibility index (Phi) is 5.18. The first-order chi connectivity index (χ1) is 8.02. The molecule has 0 radical (unpaired) electrons. The minimum Gasteiger partial charge on any atom is -0.308 e. The lowest BCUT2D eigenvalue weighted by Gasteiger charge is -2.06. The lowest BCUT2D eigenvalue weighted by Crippen LogP contribution is -2.34. The molecule has 0 saturated carbocycles. The molecule has 1 aromatic carbocycles. The third-order valence-corrected chi connectivity index (χ3v) is 2.25. The summed E-state index contributed by atoms with van der Waals surface area (Å²) in [5.41, 5.74) is 0.197. The van der Waals surface area contributed by atoms with Gasteiger partial charge >= 0.3 is 6.03 Å². The summed E-state index contributed by atoms with van der Waals surface area (Å²) in [6, 6.07) is 3.01. The number of amides is 3. The van der Waals surface area contributed by atoms with E-state index in [0.717, 1.165) is 6.07 Å². The second-order valence-electron chi connectivity index (χ2n) is 3.07. The molecule has 92 valence electrons. The van der Waals surface area contributed by atoms with Gasteiger partial charge in [0.1, 0.15) is 5.82 Å². The molecule has 0 aliphatic rings. The highest BCUT2D eigenvalue weighted by molar-refractivity contribution is 6.30. The Bertz CT molecular complexity index is 440. The first kappa shape index (κ1) is 13.7. The predicted molar refractivity (Wildman–Crippen MR) is 63.9 cm³/mol. The van der Waals surface area contributed by atoms with Crippen LogP contribution in [0.25, 0.3) is 0 Å². The molecule has 0 aromatic heterocycles. The number of alkyl halides is 1. The highest BCUT2D eigenvalue weighted by Crippen LogP contribution is 2.18. The summed E-state index contributed by atoms with van der Waals surface area (Å²) in [4.78, 5) is 22.3. The number of hydrogen-bond donors (Lipinski definition) is 2. The van der Waals surface area contributed by atoms with E-state index >= 15 is 0 Å². The Morgan fingerprint density at radius 2 is 2.06 bits per heavy atom. The molecule has 0 saturated heterocycles. The fraction of sp³-hybridized carbons (Fsp3) is 0.200. The van der Waals surface area contributed by atoms with Crippen molar-refractivity contribution in [3.05, 3.63) is 29.0 Å². The largest absolute Gasteiger partial charge is 0.325 e. The monoisotopic (exact) mass is 278 g/mol. The number of imide groups is 1. The van der Waals surface area contributed by atoms with Crippen molar-refractivity contribution in [2.45, 2.75) is 6.42 Å². The van der Waals surface area contributed by atoms with Gasteiger partial charge in [-0.1, -0.05) is 11.6 Å². The van der Waals surface area contributed by atoms with E-state index in [4.69, 9.17) is 23.2 Å². The lowest BCUT2D eigenvalue weighted by molar-refractivity contribution is -0.119. The van der Waals surface area contributed by atoms with Crippen LogP contribution in [0, 0.1) is 5.82 Å². The molecule has 0 aliphatic heterocycles. The maximum atomic E-state index is 13.0. The number of nitrogens with one attached hydrogen (secondary N) is 2. The van der Waals surface area contributed by atoms with Crippen molar-refractivity contribution in [1.29, 1.82) is 0 Å². The number of carbonyl (C=O) groups is 2. The molecule has 4 nitrogen and oxygen atoms in total. The molecule has 0 atom stereocenters. The number of anilines is 1. The Morgan fingerprint density at radius 1 is 1.35 bits per heavy atom. The van der Waals surface area contributed by atoms with Gasteiger partial charge in [0.25, 0.3) is 0 Å². The van der Waals surface area contributed by atoms with E-state index in [9.17, 15) is 14.0 Å². The van der Waals surface area contributed by atoms with E-state index in [1.165, 1.54) is 12.1 Å². The zero-order valence-electron chi connectivity index (χ0n) is 8.60. The molecule has 0 unspecified atom stereocenters. The Labute approximate surface area is 107 Å². The van der Waals surface area contributed by atoms with Gasteiger partial charge in [-0.3, -0.25) is 10.1 Å². The minimum atomic E-state index is -0.748. The van der Waals surface area contributed by atoms with Crippen LogP contribution < -0.4 is 10.6 Å². The van der Waals surface area contributed by atoms with Gasteiger partial charge in [0.05, 0.1) is 5.02 Å². The summed E-state index contributed by atoms with van der Waals surface area (Å²) in [7, 11) is 0. The quantitative estimate of drug-likeness (QED) is 0.836. The molecule has 7 heteroatoms. The summed E-state index contributed by atoms with van der Waals surface area (Å²) in [5.74, 6) is -1.04. The Balaban J connectivity index is 2.56. The normalized spacial score (nSPS) is 9.82. The maximum Gasteiger partial charge on any atom is 0.325 e. The van der Waals surface area contributed by atoms with Gasteiger partial charge in [-0.25, -0.2) is 9.18 Å². The fourth-order valence-electron chi connectivity index (χ4n) is 1.01. The van der Waals surface area contributed by atoms with Gasteiger partial charge in [0, 0.05) is 18.0 Å². The van der Waals surface area contributed by atoms with Crippen molar-refractivity contribution in [2.24, 2.45) is 0 Å². The lowest BCUT2D eigenvalue weighted by atomic mass is 10.3. The minimum absolute atomic E-state index is 0.0317. The molecular formula is C10H9Cl2FN2O2. The summed E-state index contributed by atoms with van der Waals surface area (Å²) >= 11 is 10.8. The van der Waals surface area contributed by atoms with Crippen LogP contribution in [-0.4, -0.2) is 17.8 Å². The molecule has 2 N–H and O–H groups in total. The molecule has 17 heavy (non-hydrogen) atoms. The van der Waals surface area contributed by atoms with Crippen molar-refractivity contribution in [3.8, 4) is 0 Å². The molecule has 1 aromatic rings. The highest BCUT2D eigenvalue weighted by Gasteiger charge is 2.08. The van der Waals surface area contributed by atoms with E-state index in [1.54, 1.807) is 0 Å². The number of carbonyl (C=O) groups excluding carboxylic acids is 2. The second kappa shape index (κ2) is 6.42. The van der Waals surface area contributed by atoms with Crippen molar-refractivity contribution in [3.63, 3.8) is 0 Å². The summed E-state index contributed by atoms with van der Waals surface area (Å²) < 4.78 is 13.0. The smallest absolute Gasteiger partial charge is 0.308 e. The van der Waals surface area contributed by atoms with Crippen LogP contribution in [-0.2, 0) is 4.79 Å². The van der Waals surface area contributed by atoms with Crippen LogP contribution in [0.2, 0.25) is 5.02 Å². The average Bonchev–Trinajstić information content (AvgIpc) is 2.23. The van der Waals surface area contributed by atoms with Crippen LogP contribution in [0.1, 0.15) is 6.42 Å². The molecule has 0 aliphatic carbocycles. The van der Waals surface area contributed by atoms with E-state index < -0.39 is 17.8 Å². The summed E-state index contributed by atoms with van der Waals surface area (Å²) in [6.45, 7) is 0. The average molecular weight is 279 g/mol. The predicted octanol–water partition coefficient (Wildman–Crippen LogP) is 2.76. The molecule has 0 spiro atoms. The number of urea groups is 1. The van der Waals surface area contributed by atoms with E-state index in [-0.39, 0.29) is 23.0 Å². The summed E-state index contributed by atoms with van der Waals surface area (Å²) in [5, 5.41) is 4.27. The van der Waals surface area contributed by atoms with Gasteiger partial charge in [-0.15, -0.1) is 11.6 Å². The van der Waals surface area contributed by atoms with E-state index in [2.05, 4.69) is 5.32 Å². The zero-order chi connectivity index (χ0) is 12.8. The van der Waals surface area contributed by atoms with Crippen molar-refractivity contribution < 1.29 is 14.0 Å². The SMILES string of the molecule is O=C(CCCl)NC(=O)Nc1ccc(Cl)c(F)c1. The van der Waals surface area contributed by atoms with Crippen molar-refractivity contribution in [2.75, 3.05) is 11.2 Å². The highest BCUT2D eigenvalue weighted by atomic mass is 35.5. The van der Waals surface area contributed by atoms with Gasteiger partial charge in [-0.05, 0) is 18.2 Å². The fourth-order valence-corrected chi connectivity index (χ4v) is 1.30. The number of benzene rings is 1. The Morgan fingerprint density at radius 3 is 2.65 bits per heavy atom. The van der Waals surface area contributed by atoms with E-state index in [1.807, 2.05) is 5.32 Å². The molecule has 3 amide bonds. The van der Waals surface area contributed by atoms with Crippen LogP contribution in [0.4, 0.5) is 14.9 Å². The number of hydrogen-bond acceptors (Lipinski definition) is 2. The van der Waals surface area contributed by atoms with Crippen LogP contribution in [0.5, 0.6) is 0 Å². The van der Waals surface area contributed by atoms with Gasteiger partial charge < -0.3 is 5.32 Å². The standard InChI is InChI=1S/C10H9Cl2FN2O2/c11-4-3-9(16)15-10(17)14-6-1-2-7(12)8(13)5-6/h1-2,5H,3-4H2,(H2,14,15,16,17). The maximum absolute atomic E-state index is 13.0. The topological polar surface area (TPSA) is 58.2 Å². The second-order valence-corrected chi connectivity index (χ2v) is 3.86. The number of rotatable bonds is 3. The third kappa shape index (κ3) is 4.58. The van der Waals surface area contributed by atoms with Crippen LogP contribution in [0.15, 0.2) is 18.2 Å². The molecule has 0 bridgehead atoms.